The Morgan fingerprint density at radius 2 is 1.78 bits per heavy atom. The Bertz CT molecular complexity index is 1310. The van der Waals surface area contributed by atoms with Crippen LogP contribution in [0.15, 0.2) is 32.2 Å². The lowest BCUT2D eigenvalue weighted by Gasteiger charge is -2.31. The standard InChI is InChI=1S/C23H23ClFN3O4/c1-9-6-7-13(32-9)21(23(3,4)5)28-18-17(19(29)20(18)30)27-16-12(25)8-11(24)14-10(2)26-22(31)15(14)16/h6-8,10,21,27-28H,1-5H3,(H,26,31)/t10?,21-/m0/s1. The number of furan rings is 1. The predicted molar refractivity (Wildman–Crippen MR) is 121 cm³/mol. The molecule has 7 nitrogen and oxygen atoms in total. The van der Waals surface area contributed by atoms with Crippen molar-refractivity contribution in [2.24, 2.45) is 5.41 Å². The highest BCUT2D eigenvalue weighted by molar-refractivity contribution is 6.32. The normalized spacial score (nSPS) is 16.7. The van der Waals surface area contributed by atoms with Gasteiger partial charge in [0.2, 0.25) is 0 Å². The first-order valence-corrected chi connectivity index (χ1v) is 10.5. The Morgan fingerprint density at radius 3 is 2.38 bits per heavy atom. The van der Waals surface area contributed by atoms with Crippen LogP contribution in [0.1, 0.15) is 67.2 Å². The lowest BCUT2D eigenvalue weighted by Crippen LogP contribution is -2.39. The molecule has 2 atom stereocenters. The molecule has 168 valence electrons. The molecule has 32 heavy (non-hydrogen) atoms. The van der Waals surface area contributed by atoms with E-state index in [1.54, 1.807) is 13.0 Å². The van der Waals surface area contributed by atoms with Crippen LogP contribution in [0.4, 0.5) is 21.5 Å². The van der Waals surface area contributed by atoms with Crippen LogP contribution in [-0.4, -0.2) is 5.91 Å². The second-order valence-electron chi connectivity index (χ2n) is 9.12. The second kappa shape index (κ2) is 7.48. The summed E-state index contributed by atoms with van der Waals surface area (Å²) in [5.41, 5.74) is -1.74. The van der Waals surface area contributed by atoms with Crippen molar-refractivity contribution < 1.29 is 13.6 Å². The lowest BCUT2D eigenvalue weighted by atomic mass is 9.85. The zero-order valence-electron chi connectivity index (χ0n) is 18.3. The summed E-state index contributed by atoms with van der Waals surface area (Å²) in [4.78, 5) is 37.2. The molecule has 1 aliphatic heterocycles. The number of amides is 1. The molecule has 1 aromatic heterocycles. The van der Waals surface area contributed by atoms with Crippen molar-refractivity contribution in [2.45, 2.75) is 46.7 Å². The highest BCUT2D eigenvalue weighted by Gasteiger charge is 2.36. The third-order valence-corrected chi connectivity index (χ3v) is 5.95. The quantitative estimate of drug-likeness (QED) is 0.477. The Balaban J connectivity index is 1.75. The van der Waals surface area contributed by atoms with E-state index in [1.807, 2.05) is 33.8 Å². The van der Waals surface area contributed by atoms with E-state index in [1.165, 1.54) is 0 Å². The van der Waals surface area contributed by atoms with Crippen LogP contribution in [0, 0.1) is 18.2 Å². The smallest absolute Gasteiger partial charge is 0.254 e. The fraction of sp³-hybridized carbons (Fsp3) is 0.348. The molecule has 0 saturated carbocycles. The molecule has 1 unspecified atom stereocenters. The molecular formula is C23H23ClFN3O4. The molecule has 9 heteroatoms. The topological polar surface area (TPSA) is 100 Å². The summed E-state index contributed by atoms with van der Waals surface area (Å²) in [7, 11) is 0. The van der Waals surface area contributed by atoms with Crippen LogP contribution < -0.4 is 26.8 Å². The van der Waals surface area contributed by atoms with Crippen LogP contribution in [0.25, 0.3) is 0 Å². The van der Waals surface area contributed by atoms with Gasteiger partial charge in [0.15, 0.2) is 0 Å². The molecule has 2 aromatic carbocycles. The van der Waals surface area contributed by atoms with Gasteiger partial charge in [-0.1, -0.05) is 32.4 Å². The molecule has 0 fully saturated rings. The van der Waals surface area contributed by atoms with Crippen molar-refractivity contribution in [3.63, 3.8) is 0 Å². The number of benzene rings is 1. The van der Waals surface area contributed by atoms with Crippen molar-refractivity contribution in [2.75, 3.05) is 10.6 Å². The highest BCUT2D eigenvalue weighted by Crippen LogP contribution is 2.41. The molecule has 1 aliphatic rings. The van der Waals surface area contributed by atoms with Crippen LogP contribution in [0.2, 0.25) is 5.02 Å². The number of rotatable bonds is 5. The van der Waals surface area contributed by atoms with Gasteiger partial charge >= 0.3 is 0 Å². The molecule has 0 aliphatic carbocycles. The molecule has 3 aromatic rings. The van der Waals surface area contributed by atoms with Crippen LogP contribution in [0.5, 0.6) is 0 Å². The Kier molecular flexibility index (Phi) is 5.16. The number of halogens is 2. The second-order valence-corrected chi connectivity index (χ2v) is 9.53. The molecule has 0 radical (unpaired) electrons. The van der Waals surface area contributed by atoms with Gasteiger partial charge in [0.25, 0.3) is 16.8 Å². The average molecular weight is 460 g/mol. The summed E-state index contributed by atoms with van der Waals surface area (Å²) >= 11 is 6.14. The number of anilines is 3. The number of hydrogen-bond acceptors (Lipinski definition) is 6. The molecule has 0 spiro atoms. The summed E-state index contributed by atoms with van der Waals surface area (Å²) in [5.74, 6) is -0.00615. The number of carbonyl (C=O) groups is 1. The molecule has 1 amide bonds. The van der Waals surface area contributed by atoms with Gasteiger partial charge in [-0.25, -0.2) is 4.39 Å². The van der Waals surface area contributed by atoms with Gasteiger partial charge in [0.05, 0.1) is 23.3 Å². The maximum absolute atomic E-state index is 14.8. The van der Waals surface area contributed by atoms with Gasteiger partial charge in [0, 0.05) is 10.6 Å². The summed E-state index contributed by atoms with van der Waals surface area (Å²) < 4.78 is 20.6. The van der Waals surface area contributed by atoms with Crippen LogP contribution >= 0.6 is 11.6 Å². The number of aryl methyl sites for hydroxylation is 1. The Hall–Kier alpha value is -3.13. The van der Waals surface area contributed by atoms with E-state index < -0.39 is 34.7 Å². The number of carbonyl (C=O) groups excluding carboxylic acids is 1. The third-order valence-electron chi connectivity index (χ3n) is 5.64. The van der Waals surface area contributed by atoms with E-state index in [2.05, 4.69) is 16.0 Å². The molecular weight excluding hydrogens is 437 g/mol. The largest absolute Gasteiger partial charge is 0.464 e. The molecule has 2 heterocycles. The van der Waals surface area contributed by atoms with Crippen molar-refractivity contribution in [3.8, 4) is 0 Å². The Labute approximate surface area is 188 Å². The summed E-state index contributed by atoms with van der Waals surface area (Å²) in [5, 5.41) is 8.58. The maximum Gasteiger partial charge on any atom is 0.254 e. The van der Waals surface area contributed by atoms with Gasteiger partial charge in [0.1, 0.15) is 28.7 Å². The van der Waals surface area contributed by atoms with E-state index in [9.17, 15) is 18.8 Å². The van der Waals surface area contributed by atoms with Crippen molar-refractivity contribution in [1.29, 1.82) is 0 Å². The predicted octanol–water partition coefficient (Wildman–Crippen LogP) is 4.72. The molecule has 3 N–H and O–H groups in total. The van der Waals surface area contributed by atoms with Crippen LogP contribution in [0.3, 0.4) is 0 Å². The fourth-order valence-corrected chi connectivity index (χ4v) is 4.35. The van der Waals surface area contributed by atoms with Gasteiger partial charge in [-0.3, -0.25) is 14.4 Å². The molecule has 0 bridgehead atoms. The van der Waals surface area contributed by atoms with Gasteiger partial charge < -0.3 is 20.4 Å². The minimum atomic E-state index is -0.801. The summed E-state index contributed by atoms with van der Waals surface area (Å²) in [6, 6.07) is 3.84. The number of fused-ring (bicyclic) bond motifs is 1. The van der Waals surface area contributed by atoms with Crippen LogP contribution in [-0.2, 0) is 0 Å². The average Bonchev–Trinajstić information content (AvgIpc) is 3.24. The summed E-state index contributed by atoms with van der Waals surface area (Å²) in [6.45, 7) is 9.40. The number of hydrogen-bond donors (Lipinski definition) is 3. The van der Waals surface area contributed by atoms with E-state index in [0.717, 1.165) is 6.07 Å². The first-order valence-electron chi connectivity index (χ1n) is 10.2. The van der Waals surface area contributed by atoms with Gasteiger partial charge in [-0.15, -0.1) is 0 Å². The SMILES string of the molecule is Cc1ccc([C@H](Nc2c(Nc3c(F)cc(Cl)c4c3C(=O)NC4C)c(=O)c2=O)C(C)(C)C)o1. The Morgan fingerprint density at radius 1 is 1.12 bits per heavy atom. The highest BCUT2D eigenvalue weighted by atomic mass is 35.5. The zero-order chi connectivity index (χ0) is 23.5. The third kappa shape index (κ3) is 3.48. The van der Waals surface area contributed by atoms with Gasteiger partial charge in [-0.2, -0.15) is 0 Å². The summed E-state index contributed by atoms with van der Waals surface area (Å²) in [6.07, 6.45) is 0. The lowest BCUT2D eigenvalue weighted by molar-refractivity contribution is 0.0959. The fourth-order valence-electron chi connectivity index (χ4n) is 4.00. The first kappa shape index (κ1) is 22.1. The van der Waals surface area contributed by atoms with Crippen molar-refractivity contribution in [3.05, 3.63) is 72.1 Å². The van der Waals surface area contributed by atoms with Gasteiger partial charge in [-0.05, 0) is 37.5 Å². The maximum atomic E-state index is 14.8. The number of nitrogens with one attached hydrogen (secondary N) is 3. The van der Waals surface area contributed by atoms with E-state index >= 15 is 0 Å². The monoisotopic (exact) mass is 459 g/mol. The first-order chi connectivity index (χ1) is 14.9. The molecule has 0 saturated heterocycles. The minimum Gasteiger partial charge on any atom is -0.464 e. The van der Waals surface area contributed by atoms with E-state index in [0.29, 0.717) is 17.1 Å². The van der Waals surface area contributed by atoms with E-state index in [-0.39, 0.29) is 33.1 Å². The molecule has 4 rings (SSSR count). The minimum absolute atomic E-state index is 0.0125. The van der Waals surface area contributed by atoms with E-state index in [4.69, 9.17) is 16.0 Å². The van der Waals surface area contributed by atoms with Crippen molar-refractivity contribution >= 4 is 34.6 Å². The zero-order valence-corrected chi connectivity index (χ0v) is 19.0. The van der Waals surface area contributed by atoms with Crippen molar-refractivity contribution in [1.82, 2.24) is 5.32 Å².